The molecule has 4 rings (SSSR count). The second kappa shape index (κ2) is 7.72. The zero-order valence-corrected chi connectivity index (χ0v) is 15.5. The molecule has 27 heavy (non-hydrogen) atoms. The van der Waals surface area contributed by atoms with Crippen molar-refractivity contribution in [1.82, 2.24) is 9.88 Å². The van der Waals surface area contributed by atoms with Gasteiger partial charge in [0.1, 0.15) is 11.5 Å². The van der Waals surface area contributed by atoms with E-state index in [4.69, 9.17) is 9.47 Å². The van der Waals surface area contributed by atoms with Gasteiger partial charge in [0.25, 0.3) is 0 Å². The zero-order valence-electron chi connectivity index (χ0n) is 15.5. The monoisotopic (exact) mass is 372 g/mol. The van der Waals surface area contributed by atoms with Crippen molar-refractivity contribution >= 4 is 0 Å². The molecule has 0 spiro atoms. The van der Waals surface area contributed by atoms with Crippen LogP contribution in [-0.2, 0) is 6.42 Å². The predicted molar refractivity (Wildman–Crippen MR) is 99.6 cm³/mol. The van der Waals surface area contributed by atoms with Crippen molar-refractivity contribution in [3.63, 3.8) is 0 Å². The Kier molecular flexibility index (Phi) is 5.16. The number of fused-ring (bicyclic) bond motifs is 1. The third-order valence-electron chi connectivity index (χ3n) is 5.71. The average Bonchev–Trinajstić information content (AvgIpc) is 3.21. The number of likely N-dealkylation sites (tertiary alicyclic amines) is 1. The van der Waals surface area contributed by atoms with Crippen LogP contribution in [0.4, 0.5) is 4.39 Å². The van der Waals surface area contributed by atoms with E-state index >= 15 is 0 Å². The van der Waals surface area contributed by atoms with Gasteiger partial charge in [0.2, 0.25) is 0 Å². The maximum atomic E-state index is 14.0. The lowest BCUT2D eigenvalue weighted by atomic mass is 10.0. The van der Waals surface area contributed by atoms with Crippen molar-refractivity contribution < 1.29 is 19.0 Å². The third-order valence-corrected chi connectivity index (χ3v) is 5.71. The van der Waals surface area contributed by atoms with Crippen LogP contribution in [0, 0.1) is 17.7 Å². The molecule has 0 radical (unpaired) electrons. The van der Waals surface area contributed by atoms with E-state index in [1.165, 1.54) is 12.3 Å². The number of methoxy groups -OCH3 is 1. The first kappa shape index (κ1) is 18.0. The average molecular weight is 372 g/mol. The summed E-state index contributed by atoms with van der Waals surface area (Å²) in [6.07, 6.45) is 4.38. The standard InChI is InChI=1S/C21H25FN2O3/c1-26-18-4-5-20(22)21(10-18)27-19-8-14-12-24(13-15(14)9-19)7-6-16-2-3-17(25)11-23-16/h2-5,10-11,14-15,19,25H,6-9,12-13H2,1H3/t14-,15+,19?. The van der Waals surface area contributed by atoms with Crippen LogP contribution in [0.15, 0.2) is 36.5 Å². The van der Waals surface area contributed by atoms with Gasteiger partial charge in [-0.05, 0) is 48.9 Å². The molecule has 0 bridgehead atoms. The summed E-state index contributed by atoms with van der Waals surface area (Å²) in [5, 5.41) is 9.31. The molecule has 5 nitrogen and oxygen atoms in total. The first-order valence-electron chi connectivity index (χ1n) is 9.47. The molecule has 1 saturated carbocycles. The van der Waals surface area contributed by atoms with Gasteiger partial charge < -0.3 is 19.5 Å². The van der Waals surface area contributed by atoms with Gasteiger partial charge in [-0.3, -0.25) is 4.98 Å². The molecule has 1 N–H and O–H groups in total. The second-order valence-corrected chi connectivity index (χ2v) is 7.55. The Balaban J connectivity index is 1.27. The molecule has 3 atom stereocenters. The Labute approximate surface area is 158 Å². The lowest BCUT2D eigenvalue weighted by molar-refractivity contribution is 0.178. The zero-order chi connectivity index (χ0) is 18.8. The Hall–Kier alpha value is -2.34. The Morgan fingerprint density at radius 1 is 1.19 bits per heavy atom. The summed E-state index contributed by atoms with van der Waals surface area (Å²) in [6, 6.07) is 8.18. The molecule has 1 aliphatic heterocycles. The summed E-state index contributed by atoms with van der Waals surface area (Å²) in [6.45, 7) is 3.09. The van der Waals surface area contributed by atoms with Gasteiger partial charge in [0, 0.05) is 37.8 Å². The van der Waals surface area contributed by atoms with Crippen molar-refractivity contribution in [2.24, 2.45) is 11.8 Å². The molecule has 2 aromatic rings. The van der Waals surface area contributed by atoms with E-state index in [9.17, 15) is 9.50 Å². The quantitative estimate of drug-likeness (QED) is 0.843. The minimum atomic E-state index is -0.337. The van der Waals surface area contributed by atoms with E-state index in [0.29, 0.717) is 17.6 Å². The molecule has 1 aromatic carbocycles. The van der Waals surface area contributed by atoms with Crippen LogP contribution in [0.3, 0.4) is 0 Å². The minimum Gasteiger partial charge on any atom is -0.506 e. The topological polar surface area (TPSA) is 54.8 Å². The van der Waals surface area contributed by atoms with Crippen LogP contribution in [0.2, 0.25) is 0 Å². The van der Waals surface area contributed by atoms with Crippen molar-refractivity contribution in [2.75, 3.05) is 26.7 Å². The number of rotatable bonds is 6. The van der Waals surface area contributed by atoms with Gasteiger partial charge in [-0.15, -0.1) is 0 Å². The predicted octanol–water partition coefficient (Wildman–Crippen LogP) is 3.27. The molecule has 1 unspecified atom stereocenters. The van der Waals surface area contributed by atoms with E-state index < -0.39 is 0 Å². The highest BCUT2D eigenvalue weighted by atomic mass is 19.1. The molecule has 1 aliphatic carbocycles. The maximum absolute atomic E-state index is 14.0. The summed E-state index contributed by atoms with van der Waals surface area (Å²) in [7, 11) is 1.57. The lowest BCUT2D eigenvalue weighted by Crippen LogP contribution is -2.26. The highest BCUT2D eigenvalue weighted by molar-refractivity contribution is 5.34. The normalized spacial score (nSPS) is 24.7. The Morgan fingerprint density at radius 3 is 2.63 bits per heavy atom. The fourth-order valence-corrected chi connectivity index (χ4v) is 4.34. The van der Waals surface area contributed by atoms with Crippen LogP contribution in [0.5, 0.6) is 17.2 Å². The molecule has 6 heteroatoms. The summed E-state index contributed by atoms with van der Waals surface area (Å²) >= 11 is 0. The maximum Gasteiger partial charge on any atom is 0.165 e. The number of benzene rings is 1. The molecular formula is C21H25FN2O3. The number of nitrogens with zero attached hydrogens (tertiary/aromatic N) is 2. The molecule has 2 heterocycles. The van der Waals surface area contributed by atoms with Crippen molar-refractivity contribution in [3.8, 4) is 17.2 Å². The van der Waals surface area contributed by atoms with Gasteiger partial charge in [0.05, 0.1) is 19.4 Å². The van der Waals surface area contributed by atoms with Crippen LogP contribution in [-0.4, -0.2) is 47.8 Å². The van der Waals surface area contributed by atoms with Crippen molar-refractivity contribution in [2.45, 2.75) is 25.4 Å². The highest BCUT2D eigenvalue weighted by Gasteiger charge is 2.41. The van der Waals surface area contributed by atoms with Gasteiger partial charge >= 0.3 is 0 Å². The molecular weight excluding hydrogens is 347 g/mol. The molecule has 1 aromatic heterocycles. The van der Waals surface area contributed by atoms with Crippen LogP contribution in [0.25, 0.3) is 0 Å². The molecule has 2 aliphatic rings. The summed E-state index contributed by atoms with van der Waals surface area (Å²) < 4.78 is 25.1. The van der Waals surface area contributed by atoms with Crippen molar-refractivity contribution in [3.05, 3.63) is 48.0 Å². The summed E-state index contributed by atoms with van der Waals surface area (Å²) in [5.41, 5.74) is 1.000. The number of aromatic nitrogens is 1. The number of pyridine rings is 1. The first-order chi connectivity index (χ1) is 13.1. The van der Waals surface area contributed by atoms with E-state index in [1.807, 2.05) is 6.07 Å². The lowest BCUT2D eigenvalue weighted by Gasteiger charge is -2.20. The fourth-order valence-electron chi connectivity index (χ4n) is 4.34. The smallest absolute Gasteiger partial charge is 0.165 e. The number of hydrogen-bond donors (Lipinski definition) is 1. The Morgan fingerprint density at radius 2 is 1.96 bits per heavy atom. The van der Waals surface area contributed by atoms with Gasteiger partial charge in [-0.2, -0.15) is 0 Å². The van der Waals surface area contributed by atoms with Crippen LogP contribution in [0.1, 0.15) is 18.5 Å². The largest absolute Gasteiger partial charge is 0.506 e. The van der Waals surface area contributed by atoms with E-state index in [-0.39, 0.29) is 23.4 Å². The van der Waals surface area contributed by atoms with E-state index in [2.05, 4.69) is 9.88 Å². The SMILES string of the molecule is COc1ccc(F)c(OC2C[C@@H]3CN(CCc4ccc(O)cn4)C[C@@H]3C2)c1. The second-order valence-electron chi connectivity index (χ2n) is 7.55. The van der Waals surface area contributed by atoms with Gasteiger partial charge in [0.15, 0.2) is 11.6 Å². The fraction of sp³-hybridized carbons (Fsp3) is 0.476. The van der Waals surface area contributed by atoms with Gasteiger partial charge in [-0.25, -0.2) is 4.39 Å². The van der Waals surface area contributed by atoms with Crippen LogP contribution < -0.4 is 9.47 Å². The van der Waals surface area contributed by atoms with E-state index in [0.717, 1.165) is 44.6 Å². The number of hydrogen-bond acceptors (Lipinski definition) is 5. The minimum absolute atomic E-state index is 0.0718. The van der Waals surface area contributed by atoms with Crippen LogP contribution >= 0.6 is 0 Å². The number of ether oxygens (including phenoxy) is 2. The summed E-state index contributed by atoms with van der Waals surface area (Å²) in [5.74, 6) is 1.98. The third kappa shape index (κ3) is 4.16. The van der Waals surface area contributed by atoms with Crippen molar-refractivity contribution in [1.29, 1.82) is 0 Å². The highest BCUT2D eigenvalue weighted by Crippen LogP contribution is 2.40. The molecule has 2 fully saturated rings. The number of aromatic hydroxyl groups is 1. The van der Waals surface area contributed by atoms with E-state index in [1.54, 1.807) is 25.3 Å². The summed E-state index contributed by atoms with van der Waals surface area (Å²) in [4.78, 5) is 6.73. The molecule has 144 valence electrons. The Bertz CT molecular complexity index is 769. The number of halogens is 1. The van der Waals surface area contributed by atoms with Gasteiger partial charge in [-0.1, -0.05) is 0 Å². The molecule has 0 amide bonds. The molecule has 1 saturated heterocycles. The first-order valence-corrected chi connectivity index (χ1v) is 9.47.